The number of aromatic nitrogens is 3. The smallest absolute Gasteiger partial charge is 0.407 e. The van der Waals surface area contributed by atoms with Crippen molar-refractivity contribution in [2.75, 3.05) is 43.3 Å². The molecule has 14 heteroatoms. The second kappa shape index (κ2) is 11.9. The number of anilines is 2. The van der Waals surface area contributed by atoms with E-state index < -0.39 is 21.9 Å². The Morgan fingerprint density at radius 2 is 2.00 bits per heavy atom. The molecular formula is C26H32N8O5S. The molecule has 0 radical (unpaired) electrons. The first-order chi connectivity index (χ1) is 19.1. The van der Waals surface area contributed by atoms with Gasteiger partial charge in [-0.3, -0.25) is 14.1 Å². The Labute approximate surface area is 232 Å². The third-order valence-corrected chi connectivity index (χ3v) is 8.79. The van der Waals surface area contributed by atoms with Gasteiger partial charge in [0.25, 0.3) is 5.56 Å². The number of rotatable bonds is 9. The van der Waals surface area contributed by atoms with Gasteiger partial charge < -0.3 is 15.3 Å². The molecule has 0 unspecified atom stereocenters. The Kier molecular flexibility index (Phi) is 8.55. The number of amides is 1. The lowest BCUT2D eigenvalue weighted by Crippen LogP contribution is -2.37. The Morgan fingerprint density at radius 3 is 2.65 bits per heavy atom. The largest absolute Gasteiger partial charge is 0.465 e. The molecular weight excluding hydrogens is 536 g/mol. The molecule has 1 aliphatic heterocycles. The minimum Gasteiger partial charge on any atom is -0.465 e. The number of hydrogen-bond acceptors (Lipinski definition) is 8. The van der Waals surface area contributed by atoms with Crippen molar-refractivity contribution in [2.24, 2.45) is 13.0 Å². The second-order valence-corrected chi connectivity index (χ2v) is 11.5. The lowest BCUT2D eigenvalue weighted by Gasteiger charge is -2.29. The maximum atomic E-state index is 13.4. The van der Waals surface area contributed by atoms with Crippen LogP contribution in [0.5, 0.6) is 0 Å². The molecule has 2 aromatic heterocycles. The molecule has 0 saturated carbocycles. The molecule has 1 fully saturated rings. The van der Waals surface area contributed by atoms with E-state index in [0.717, 1.165) is 23.6 Å². The highest BCUT2D eigenvalue weighted by Crippen LogP contribution is 2.29. The first-order valence-electron chi connectivity index (χ1n) is 12.9. The molecule has 1 saturated heterocycles. The molecule has 13 nitrogen and oxygen atoms in total. The van der Waals surface area contributed by atoms with Crippen LogP contribution in [0.15, 0.2) is 35.3 Å². The van der Waals surface area contributed by atoms with Crippen molar-refractivity contribution in [3.8, 4) is 17.2 Å². The minimum absolute atomic E-state index is 0.0282. The first-order valence-corrected chi connectivity index (χ1v) is 14.4. The molecule has 212 valence electrons. The van der Waals surface area contributed by atoms with Crippen LogP contribution in [-0.2, 0) is 17.3 Å². The normalized spacial score (nSPS) is 14.3. The number of fused-ring (bicyclic) bond motifs is 1. The summed E-state index contributed by atoms with van der Waals surface area (Å²) in [5.74, 6) is 0.778. The number of benzene rings is 1. The maximum Gasteiger partial charge on any atom is 0.407 e. The zero-order valence-corrected chi connectivity index (χ0v) is 23.4. The summed E-state index contributed by atoms with van der Waals surface area (Å²) in [6.07, 6.45) is 3.18. The van der Waals surface area contributed by atoms with Gasteiger partial charge in [0, 0.05) is 63.0 Å². The summed E-state index contributed by atoms with van der Waals surface area (Å²) >= 11 is 0. The Hall–Kier alpha value is -4.22. The van der Waals surface area contributed by atoms with E-state index >= 15 is 0 Å². The molecule has 0 atom stereocenters. The zero-order chi connectivity index (χ0) is 29.0. The number of nitriles is 1. The SMILES string of the molecule is CCN(C)S(=O)(=O)Nc1cccc(-c2cc3cnc(NCCC4CCN(C(=O)O)CC4)nc3n(C)c2=O)c1C#N. The van der Waals surface area contributed by atoms with Gasteiger partial charge in [0.05, 0.1) is 11.3 Å². The molecule has 1 aromatic carbocycles. The van der Waals surface area contributed by atoms with Gasteiger partial charge in [-0.15, -0.1) is 0 Å². The highest BCUT2D eigenvalue weighted by Gasteiger charge is 2.23. The summed E-state index contributed by atoms with van der Waals surface area (Å²) in [5, 5.41) is 22.8. The van der Waals surface area contributed by atoms with Gasteiger partial charge in [0.15, 0.2) is 0 Å². The second-order valence-electron chi connectivity index (χ2n) is 9.68. The number of piperidine rings is 1. The molecule has 4 rings (SSSR count). The molecule has 3 aromatic rings. The molecule has 1 aliphatic rings. The van der Waals surface area contributed by atoms with Crippen molar-refractivity contribution >= 4 is 39.0 Å². The van der Waals surface area contributed by atoms with E-state index in [9.17, 15) is 23.3 Å². The van der Waals surface area contributed by atoms with E-state index in [1.807, 2.05) is 6.07 Å². The minimum atomic E-state index is -3.88. The van der Waals surface area contributed by atoms with Crippen LogP contribution in [-0.4, -0.2) is 76.6 Å². The highest BCUT2D eigenvalue weighted by atomic mass is 32.2. The van der Waals surface area contributed by atoms with E-state index in [-0.39, 0.29) is 23.4 Å². The summed E-state index contributed by atoms with van der Waals surface area (Å²) < 4.78 is 30.1. The number of pyridine rings is 1. The number of nitrogens with one attached hydrogen (secondary N) is 2. The summed E-state index contributed by atoms with van der Waals surface area (Å²) in [4.78, 5) is 34.8. The van der Waals surface area contributed by atoms with Gasteiger partial charge >= 0.3 is 16.3 Å². The number of carbonyl (C=O) groups is 1. The lowest BCUT2D eigenvalue weighted by molar-refractivity contribution is 0.123. The molecule has 0 aliphatic carbocycles. The summed E-state index contributed by atoms with van der Waals surface area (Å²) in [5.41, 5.74) is 0.617. The van der Waals surface area contributed by atoms with Crippen LogP contribution in [0.4, 0.5) is 16.4 Å². The Balaban J connectivity index is 1.56. The molecule has 3 heterocycles. The van der Waals surface area contributed by atoms with Crippen LogP contribution in [0.2, 0.25) is 0 Å². The van der Waals surface area contributed by atoms with Crippen molar-refractivity contribution in [3.05, 3.63) is 46.4 Å². The van der Waals surface area contributed by atoms with Gasteiger partial charge in [-0.1, -0.05) is 19.1 Å². The number of carboxylic acid groups (broad SMARTS) is 1. The summed E-state index contributed by atoms with van der Waals surface area (Å²) in [7, 11) is -0.876. The van der Waals surface area contributed by atoms with Crippen LogP contribution < -0.4 is 15.6 Å². The third kappa shape index (κ3) is 6.00. The Morgan fingerprint density at radius 1 is 1.27 bits per heavy atom. The predicted molar refractivity (Wildman–Crippen MR) is 151 cm³/mol. The van der Waals surface area contributed by atoms with Crippen molar-refractivity contribution in [2.45, 2.75) is 26.2 Å². The van der Waals surface area contributed by atoms with Crippen molar-refractivity contribution in [3.63, 3.8) is 0 Å². The van der Waals surface area contributed by atoms with Crippen molar-refractivity contribution in [1.82, 2.24) is 23.7 Å². The third-order valence-electron chi connectivity index (χ3n) is 7.23. The van der Waals surface area contributed by atoms with Gasteiger partial charge in [-0.25, -0.2) is 9.78 Å². The molecule has 0 spiro atoms. The quantitative estimate of drug-likeness (QED) is 0.351. The average Bonchev–Trinajstić information content (AvgIpc) is 2.94. The fourth-order valence-corrected chi connectivity index (χ4v) is 5.64. The van der Waals surface area contributed by atoms with Crippen LogP contribution in [0.1, 0.15) is 31.7 Å². The summed E-state index contributed by atoms with van der Waals surface area (Å²) in [6, 6.07) is 8.30. The highest BCUT2D eigenvalue weighted by molar-refractivity contribution is 7.90. The first kappa shape index (κ1) is 28.8. The Bertz CT molecular complexity index is 1620. The number of likely N-dealkylation sites (tertiary alicyclic amines) is 1. The monoisotopic (exact) mass is 568 g/mol. The lowest BCUT2D eigenvalue weighted by atomic mass is 9.94. The number of nitrogens with zero attached hydrogens (tertiary/aromatic N) is 6. The van der Waals surface area contributed by atoms with Crippen LogP contribution in [0, 0.1) is 17.2 Å². The standard InChI is InChI=1S/C26H32N8O5S/c1-4-32(2)40(38,39)31-22-7-5-6-19(21(22)15-27)20-14-18-16-29-25(30-23(18)33(3)24(20)35)28-11-8-17-9-12-34(13-10-17)26(36)37/h5-7,14,16-17,31H,4,8-13H2,1-3H3,(H,36,37)(H,28,29,30). The number of aryl methyl sites for hydroxylation is 1. The fourth-order valence-electron chi connectivity index (χ4n) is 4.69. The van der Waals surface area contributed by atoms with Crippen LogP contribution >= 0.6 is 0 Å². The van der Waals surface area contributed by atoms with E-state index in [1.54, 1.807) is 38.4 Å². The maximum absolute atomic E-state index is 13.4. The molecule has 0 bridgehead atoms. The van der Waals surface area contributed by atoms with E-state index in [1.165, 1.54) is 22.6 Å². The fraction of sp³-hybridized carbons (Fsp3) is 0.423. The average molecular weight is 569 g/mol. The van der Waals surface area contributed by atoms with Gasteiger partial charge in [-0.2, -0.15) is 23.0 Å². The van der Waals surface area contributed by atoms with Crippen LogP contribution in [0.3, 0.4) is 0 Å². The molecule has 40 heavy (non-hydrogen) atoms. The van der Waals surface area contributed by atoms with Gasteiger partial charge in [-0.05, 0) is 37.3 Å². The van der Waals surface area contributed by atoms with E-state index in [4.69, 9.17) is 5.11 Å². The van der Waals surface area contributed by atoms with E-state index in [2.05, 4.69) is 20.0 Å². The van der Waals surface area contributed by atoms with E-state index in [0.29, 0.717) is 48.1 Å². The predicted octanol–water partition coefficient (Wildman–Crippen LogP) is 2.67. The topological polar surface area (TPSA) is 174 Å². The molecule has 3 N–H and O–H groups in total. The van der Waals surface area contributed by atoms with Crippen molar-refractivity contribution < 1.29 is 18.3 Å². The number of hydrogen-bond donors (Lipinski definition) is 3. The van der Waals surface area contributed by atoms with Gasteiger partial charge in [0.1, 0.15) is 11.7 Å². The zero-order valence-electron chi connectivity index (χ0n) is 22.6. The van der Waals surface area contributed by atoms with Gasteiger partial charge in [0.2, 0.25) is 5.95 Å². The summed E-state index contributed by atoms with van der Waals surface area (Å²) in [6.45, 7) is 3.61. The molecule has 1 amide bonds. The van der Waals surface area contributed by atoms with Crippen LogP contribution in [0.25, 0.3) is 22.2 Å². The van der Waals surface area contributed by atoms with Crippen molar-refractivity contribution in [1.29, 1.82) is 5.26 Å².